The minimum absolute atomic E-state index is 0.0119. The first-order chi connectivity index (χ1) is 10.6. The molecule has 0 bridgehead atoms. The minimum Gasteiger partial charge on any atom is -0.342 e. The monoisotopic (exact) mass is 322 g/mol. The van der Waals surface area contributed by atoms with Crippen LogP contribution in [0.15, 0.2) is 4.52 Å². The first-order valence-corrected chi connectivity index (χ1v) is 8.46. The normalized spacial score (nSPS) is 21.5. The Morgan fingerprint density at radius 1 is 1.43 bits per heavy atom. The number of carbonyl (C=O) groups excluding carboxylic acids is 1. The summed E-state index contributed by atoms with van der Waals surface area (Å²) in [6.45, 7) is 11.9. The van der Waals surface area contributed by atoms with Gasteiger partial charge in [-0.1, -0.05) is 39.8 Å². The first-order valence-electron chi connectivity index (χ1n) is 8.46. The summed E-state index contributed by atoms with van der Waals surface area (Å²) in [5.74, 6) is 1.52. The van der Waals surface area contributed by atoms with Crippen LogP contribution >= 0.6 is 0 Å². The number of rotatable bonds is 4. The Kier molecular flexibility index (Phi) is 5.14. The van der Waals surface area contributed by atoms with Gasteiger partial charge in [-0.15, -0.1) is 0 Å². The van der Waals surface area contributed by atoms with Crippen LogP contribution in [0.25, 0.3) is 0 Å². The van der Waals surface area contributed by atoms with Crippen LogP contribution in [0, 0.1) is 5.41 Å². The molecule has 0 aromatic carbocycles. The predicted molar refractivity (Wildman–Crippen MR) is 88.9 cm³/mol. The van der Waals surface area contributed by atoms with Crippen molar-refractivity contribution in [2.75, 3.05) is 13.1 Å². The Morgan fingerprint density at radius 2 is 2.13 bits per heavy atom. The molecule has 6 heteroatoms. The van der Waals surface area contributed by atoms with E-state index in [1.54, 1.807) is 0 Å². The molecular formula is C17H30N4O2. The molecule has 1 aliphatic heterocycles. The number of nitrogens with two attached hydrogens (primary N) is 1. The van der Waals surface area contributed by atoms with Gasteiger partial charge in [0.15, 0.2) is 5.82 Å². The van der Waals surface area contributed by atoms with E-state index in [0.717, 1.165) is 25.9 Å². The number of carbonyl (C=O) groups is 1. The molecule has 130 valence electrons. The summed E-state index contributed by atoms with van der Waals surface area (Å²) in [7, 11) is 0. The molecule has 1 fully saturated rings. The van der Waals surface area contributed by atoms with E-state index in [1.807, 2.05) is 25.7 Å². The molecule has 0 aliphatic carbocycles. The summed E-state index contributed by atoms with van der Waals surface area (Å²) in [6.07, 6.45) is 2.76. The lowest BCUT2D eigenvalue weighted by atomic mass is 9.79. The van der Waals surface area contributed by atoms with Crippen molar-refractivity contribution in [3.8, 4) is 0 Å². The van der Waals surface area contributed by atoms with E-state index in [4.69, 9.17) is 10.3 Å². The standard InChI is InChI=1S/C17H30N4O2/c1-16(2,3)15-19-13(23-20-15)7-6-8-14(22)21-10-9-12(18)17(4,5)11-21/h12H,6-11,18H2,1-5H3. The Morgan fingerprint density at radius 3 is 2.70 bits per heavy atom. The van der Waals surface area contributed by atoms with Crippen LogP contribution in [0.1, 0.15) is 65.6 Å². The lowest BCUT2D eigenvalue weighted by molar-refractivity contribution is -0.134. The second-order valence-electron chi connectivity index (χ2n) is 8.31. The van der Waals surface area contributed by atoms with Crippen LogP contribution in [0.3, 0.4) is 0 Å². The molecule has 23 heavy (non-hydrogen) atoms. The fourth-order valence-electron chi connectivity index (χ4n) is 2.80. The van der Waals surface area contributed by atoms with Crippen LogP contribution in [0.2, 0.25) is 0 Å². The van der Waals surface area contributed by atoms with Gasteiger partial charge in [0.05, 0.1) is 0 Å². The van der Waals surface area contributed by atoms with Gasteiger partial charge in [0, 0.05) is 37.4 Å². The number of piperidine rings is 1. The van der Waals surface area contributed by atoms with E-state index in [0.29, 0.717) is 24.6 Å². The lowest BCUT2D eigenvalue weighted by Crippen LogP contribution is -2.53. The van der Waals surface area contributed by atoms with Gasteiger partial charge in [-0.2, -0.15) is 4.98 Å². The lowest BCUT2D eigenvalue weighted by Gasteiger charge is -2.42. The van der Waals surface area contributed by atoms with Gasteiger partial charge in [0.25, 0.3) is 0 Å². The number of nitrogens with zero attached hydrogens (tertiary/aromatic N) is 3. The molecule has 0 radical (unpaired) electrons. The number of aromatic nitrogens is 2. The van der Waals surface area contributed by atoms with Crippen molar-refractivity contribution in [3.05, 3.63) is 11.7 Å². The molecular weight excluding hydrogens is 292 g/mol. The van der Waals surface area contributed by atoms with Crippen molar-refractivity contribution in [2.24, 2.45) is 11.1 Å². The zero-order valence-electron chi connectivity index (χ0n) is 15.1. The Hall–Kier alpha value is -1.43. The molecule has 1 aliphatic rings. The third kappa shape index (κ3) is 4.53. The highest BCUT2D eigenvalue weighted by molar-refractivity contribution is 5.76. The van der Waals surface area contributed by atoms with E-state index in [9.17, 15) is 4.79 Å². The highest BCUT2D eigenvalue weighted by Gasteiger charge is 2.35. The van der Waals surface area contributed by atoms with E-state index in [1.165, 1.54) is 0 Å². The Balaban J connectivity index is 1.80. The quantitative estimate of drug-likeness (QED) is 0.919. The number of amides is 1. The van der Waals surface area contributed by atoms with Crippen molar-refractivity contribution < 1.29 is 9.32 Å². The molecule has 2 rings (SSSR count). The third-order valence-corrected chi connectivity index (χ3v) is 4.59. The van der Waals surface area contributed by atoms with Gasteiger partial charge >= 0.3 is 0 Å². The highest BCUT2D eigenvalue weighted by Crippen LogP contribution is 2.28. The molecule has 6 nitrogen and oxygen atoms in total. The number of aryl methyl sites for hydroxylation is 1. The molecule has 1 atom stereocenters. The van der Waals surface area contributed by atoms with Gasteiger partial charge in [-0.3, -0.25) is 4.79 Å². The second kappa shape index (κ2) is 6.59. The average molecular weight is 322 g/mol. The molecule has 0 spiro atoms. The molecule has 1 unspecified atom stereocenters. The number of hydrogen-bond acceptors (Lipinski definition) is 5. The predicted octanol–water partition coefficient (Wildman–Crippen LogP) is 2.28. The van der Waals surface area contributed by atoms with E-state index in [-0.39, 0.29) is 22.8 Å². The maximum absolute atomic E-state index is 12.4. The molecule has 1 aromatic rings. The maximum Gasteiger partial charge on any atom is 0.226 e. The van der Waals surface area contributed by atoms with Crippen LogP contribution in [-0.2, 0) is 16.6 Å². The summed E-state index contributed by atoms with van der Waals surface area (Å²) >= 11 is 0. The Bertz CT molecular complexity index is 545. The maximum atomic E-state index is 12.4. The zero-order chi connectivity index (χ0) is 17.3. The molecule has 1 aromatic heterocycles. The minimum atomic E-state index is -0.115. The molecule has 0 saturated carbocycles. The Labute approximate surface area is 138 Å². The van der Waals surface area contributed by atoms with E-state index in [2.05, 4.69) is 24.0 Å². The van der Waals surface area contributed by atoms with Crippen molar-refractivity contribution in [3.63, 3.8) is 0 Å². The number of hydrogen-bond donors (Lipinski definition) is 1. The van der Waals surface area contributed by atoms with Gasteiger partial charge in [-0.25, -0.2) is 0 Å². The van der Waals surface area contributed by atoms with Crippen molar-refractivity contribution in [1.82, 2.24) is 15.0 Å². The van der Waals surface area contributed by atoms with Crippen molar-refractivity contribution in [2.45, 2.75) is 71.8 Å². The highest BCUT2D eigenvalue weighted by atomic mass is 16.5. The third-order valence-electron chi connectivity index (χ3n) is 4.59. The fourth-order valence-corrected chi connectivity index (χ4v) is 2.80. The summed E-state index contributed by atoms with van der Waals surface area (Å²) in [4.78, 5) is 18.7. The zero-order valence-corrected chi connectivity index (χ0v) is 15.1. The van der Waals surface area contributed by atoms with E-state index < -0.39 is 0 Å². The summed E-state index contributed by atoms with van der Waals surface area (Å²) in [5.41, 5.74) is 6.00. The smallest absolute Gasteiger partial charge is 0.226 e. The van der Waals surface area contributed by atoms with Crippen LogP contribution in [0.5, 0.6) is 0 Å². The van der Waals surface area contributed by atoms with Crippen LogP contribution < -0.4 is 5.73 Å². The van der Waals surface area contributed by atoms with Gasteiger partial charge in [0.1, 0.15) is 0 Å². The largest absolute Gasteiger partial charge is 0.342 e. The van der Waals surface area contributed by atoms with Crippen molar-refractivity contribution in [1.29, 1.82) is 0 Å². The summed E-state index contributed by atoms with van der Waals surface area (Å²) in [6, 6.07) is 0.167. The average Bonchev–Trinajstić information content (AvgIpc) is 2.90. The van der Waals surface area contributed by atoms with E-state index >= 15 is 0 Å². The fraction of sp³-hybridized carbons (Fsp3) is 0.824. The topological polar surface area (TPSA) is 85.2 Å². The number of likely N-dealkylation sites (tertiary alicyclic amines) is 1. The molecule has 2 N–H and O–H groups in total. The SMILES string of the molecule is CC(C)(C)c1noc(CCCC(=O)N2CCC(N)C(C)(C)C2)n1. The first kappa shape index (κ1) is 17.9. The van der Waals surface area contributed by atoms with Crippen molar-refractivity contribution >= 4 is 5.91 Å². The van der Waals surface area contributed by atoms with Crippen LogP contribution in [-0.4, -0.2) is 40.1 Å². The summed E-state index contributed by atoms with van der Waals surface area (Å²) in [5, 5.41) is 4.01. The summed E-state index contributed by atoms with van der Waals surface area (Å²) < 4.78 is 5.26. The van der Waals surface area contributed by atoms with Crippen LogP contribution in [0.4, 0.5) is 0 Å². The van der Waals surface area contributed by atoms with Gasteiger partial charge in [-0.05, 0) is 18.3 Å². The molecule has 2 heterocycles. The molecule has 1 saturated heterocycles. The second-order valence-corrected chi connectivity index (χ2v) is 8.31. The molecule has 1 amide bonds. The van der Waals surface area contributed by atoms with Gasteiger partial charge < -0.3 is 15.2 Å². The van der Waals surface area contributed by atoms with Gasteiger partial charge in [0.2, 0.25) is 11.8 Å².